The molecule has 0 aromatic carbocycles. The number of nitrogens with zero attached hydrogens (tertiary/aromatic N) is 1. The van der Waals surface area contributed by atoms with Gasteiger partial charge in [-0.2, -0.15) is 0 Å². The second-order valence-electron chi connectivity index (χ2n) is 3.83. The van der Waals surface area contributed by atoms with E-state index < -0.39 is 9.84 Å². The minimum atomic E-state index is -2.99. The summed E-state index contributed by atoms with van der Waals surface area (Å²) in [4.78, 5) is 13.2. The van der Waals surface area contributed by atoms with Crippen LogP contribution in [0.5, 0.6) is 0 Å². The highest BCUT2D eigenvalue weighted by Crippen LogP contribution is 2.09. The summed E-state index contributed by atoms with van der Waals surface area (Å²) in [5, 5.41) is 3.05. The summed E-state index contributed by atoms with van der Waals surface area (Å²) in [7, 11) is -2.99. The monoisotopic (exact) mass is 234 g/mol. The third kappa shape index (κ3) is 2.92. The lowest BCUT2D eigenvalue weighted by molar-refractivity contribution is -0.129. The first-order valence-electron chi connectivity index (χ1n) is 5.14. The fourth-order valence-corrected chi connectivity index (χ4v) is 2.41. The molecule has 5 nitrogen and oxygen atoms in total. The number of nitrogens with one attached hydrogen (secondary N) is 1. The standard InChI is InChI=1S/C9H18N2O3S/c1-4-15(13,14)6-5-11-8(3)10-7(2)9(11)12/h7-8,10H,4-6H2,1-3H3. The maximum atomic E-state index is 11.6. The third-order valence-corrected chi connectivity index (χ3v) is 4.38. The van der Waals surface area contributed by atoms with E-state index in [-0.39, 0.29) is 36.2 Å². The summed E-state index contributed by atoms with van der Waals surface area (Å²) in [6.07, 6.45) is -0.0699. The SMILES string of the molecule is CCS(=O)(=O)CCN1C(=O)C(C)NC1C. The van der Waals surface area contributed by atoms with E-state index in [2.05, 4.69) is 5.32 Å². The van der Waals surface area contributed by atoms with Crippen molar-refractivity contribution in [3.05, 3.63) is 0 Å². The molecule has 1 N–H and O–H groups in total. The second-order valence-corrected chi connectivity index (χ2v) is 6.31. The lowest BCUT2D eigenvalue weighted by Crippen LogP contribution is -2.38. The predicted octanol–water partition coefficient (Wildman–Crippen LogP) is -0.413. The predicted molar refractivity (Wildman–Crippen MR) is 58.1 cm³/mol. The van der Waals surface area contributed by atoms with Crippen LogP contribution in [-0.2, 0) is 14.6 Å². The van der Waals surface area contributed by atoms with Crippen molar-refractivity contribution in [3.8, 4) is 0 Å². The van der Waals surface area contributed by atoms with Gasteiger partial charge in [0, 0.05) is 12.3 Å². The van der Waals surface area contributed by atoms with Crippen molar-refractivity contribution in [2.75, 3.05) is 18.1 Å². The van der Waals surface area contributed by atoms with Crippen LogP contribution in [0.1, 0.15) is 20.8 Å². The Morgan fingerprint density at radius 3 is 2.40 bits per heavy atom. The molecule has 0 bridgehead atoms. The first kappa shape index (κ1) is 12.4. The lowest BCUT2D eigenvalue weighted by Gasteiger charge is -2.20. The van der Waals surface area contributed by atoms with Crippen molar-refractivity contribution in [3.63, 3.8) is 0 Å². The molecule has 15 heavy (non-hydrogen) atoms. The van der Waals surface area contributed by atoms with Crippen molar-refractivity contribution < 1.29 is 13.2 Å². The molecule has 0 aromatic rings. The van der Waals surface area contributed by atoms with E-state index in [1.807, 2.05) is 6.92 Å². The Hall–Kier alpha value is -0.620. The molecule has 1 heterocycles. The summed E-state index contributed by atoms with van der Waals surface area (Å²) in [6.45, 7) is 5.55. The fourth-order valence-electron chi connectivity index (χ4n) is 1.65. The molecule has 6 heteroatoms. The van der Waals surface area contributed by atoms with E-state index in [0.29, 0.717) is 0 Å². The van der Waals surface area contributed by atoms with Crippen LogP contribution in [0.3, 0.4) is 0 Å². The maximum absolute atomic E-state index is 11.6. The zero-order valence-electron chi connectivity index (χ0n) is 9.36. The molecule has 1 fully saturated rings. The maximum Gasteiger partial charge on any atom is 0.240 e. The molecular formula is C9H18N2O3S. The summed E-state index contributed by atoms with van der Waals surface area (Å²) in [6, 6.07) is -0.204. The summed E-state index contributed by atoms with van der Waals surface area (Å²) in [5.41, 5.74) is 0. The Balaban J connectivity index is 2.56. The van der Waals surface area contributed by atoms with Crippen LogP contribution in [0.25, 0.3) is 0 Å². The van der Waals surface area contributed by atoms with E-state index in [4.69, 9.17) is 0 Å². The summed E-state index contributed by atoms with van der Waals surface area (Å²) < 4.78 is 22.6. The lowest BCUT2D eigenvalue weighted by atomic mass is 10.3. The molecule has 0 radical (unpaired) electrons. The number of carbonyl (C=O) groups is 1. The van der Waals surface area contributed by atoms with Crippen LogP contribution in [0, 0.1) is 0 Å². The van der Waals surface area contributed by atoms with Crippen molar-refractivity contribution in [1.82, 2.24) is 10.2 Å². The van der Waals surface area contributed by atoms with E-state index in [1.165, 1.54) is 0 Å². The van der Waals surface area contributed by atoms with Crippen molar-refractivity contribution >= 4 is 15.7 Å². The smallest absolute Gasteiger partial charge is 0.240 e. The van der Waals surface area contributed by atoms with Gasteiger partial charge in [-0.25, -0.2) is 8.42 Å². The van der Waals surface area contributed by atoms with Crippen LogP contribution in [0.4, 0.5) is 0 Å². The van der Waals surface area contributed by atoms with Gasteiger partial charge in [0.25, 0.3) is 0 Å². The fraction of sp³-hybridized carbons (Fsp3) is 0.889. The molecule has 1 amide bonds. The molecule has 1 rings (SSSR count). The Bertz CT molecular complexity index is 339. The number of sulfone groups is 1. The molecule has 0 aliphatic carbocycles. The van der Waals surface area contributed by atoms with Gasteiger partial charge >= 0.3 is 0 Å². The second kappa shape index (κ2) is 4.49. The Morgan fingerprint density at radius 2 is 2.00 bits per heavy atom. The van der Waals surface area contributed by atoms with Gasteiger partial charge in [-0.1, -0.05) is 6.92 Å². The number of carbonyl (C=O) groups excluding carboxylic acids is 1. The van der Waals surface area contributed by atoms with Crippen molar-refractivity contribution in [2.24, 2.45) is 0 Å². The van der Waals surface area contributed by atoms with Crippen molar-refractivity contribution in [1.29, 1.82) is 0 Å². The highest BCUT2D eigenvalue weighted by atomic mass is 32.2. The van der Waals surface area contributed by atoms with Crippen molar-refractivity contribution in [2.45, 2.75) is 33.0 Å². The highest BCUT2D eigenvalue weighted by Gasteiger charge is 2.33. The molecule has 2 unspecified atom stereocenters. The largest absolute Gasteiger partial charge is 0.325 e. The normalized spacial score (nSPS) is 27.4. The van der Waals surface area contributed by atoms with Gasteiger partial charge in [0.1, 0.15) is 0 Å². The minimum absolute atomic E-state index is 0.0196. The Kier molecular flexibility index (Phi) is 3.72. The quantitative estimate of drug-likeness (QED) is 0.718. The molecule has 88 valence electrons. The molecule has 0 aromatic heterocycles. The summed E-state index contributed by atoms with van der Waals surface area (Å²) in [5.74, 6) is 0.161. The van der Waals surface area contributed by atoms with Gasteiger partial charge in [-0.15, -0.1) is 0 Å². The number of amides is 1. The van der Waals surface area contributed by atoms with Crippen LogP contribution < -0.4 is 5.32 Å². The van der Waals surface area contributed by atoms with Gasteiger partial charge in [0.15, 0.2) is 9.84 Å². The average molecular weight is 234 g/mol. The Morgan fingerprint density at radius 1 is 1.40 bits per heavy atom. The average Bonchev–Trinajstić information content (AvgIpc) is 2.39. The van der Waals surface area contributed by atoms with Gasteiger partial charge in [-0.3, -0.25) is 10.1 Å². The molecular weight excluding hydrogens is 216 g/mol. The zero-order valence-corrected chi connectivity index (χ0v) is 10.2. The molecule has 1 saturated heterocycles. The van der Waals surface area contributed by atoms with E-state index >= 15 is 0 Å². The highest BCUT2D eigenvalue weighted by molar-refractivity contribution is 7.91. The third-order valence-electron chi connectivity index (χ3n) is 2.70. The summed E-state index contributed by atoms with van der Waals surface area (Å²) >= 11 is 0. The molecule has 2 atom stereocenters. The molecule has 1 aliphatic heterocycles. The van der Waals surface area contributed by atoms with Crippen LogP contribution in [0.2, 0.25) is 0 Å². The van der Waals surface area contributed by atoms with Crippen LogP contribution >= 0.6 is 0 Å². The minimum Gasteiger partial charge on any atom is -0.325 e. The van der Waals surface area contributed by atoms with Gasteiger partial charge in [0.05, 0.1) is 18.0 Å². The van der Waals surface area contributed by atoms with Gasteiger partial charge < -0.3 is 4.90 Å². The van der Waals surface area contributed by atoms with Gasteiger partial charge in [0.2, 0.25) is 5.91 Å². The molecule has 0 spiro atoms. The topological polar surface area (TPSA) is 66.5 Å². The number of hydrogen-bond donors (Lipinski definition) is 1. The molecule has 0 saturated carbocycles. The van der Waals surface area contributed by atoms with Crippen LogP contribution in [0.15, 0.2) is 0 Å². The number of rotatable bonds is 4. The molecule has 1 aliphatic rings. The van der Waals surface area contributed by atoms with Crippen LogP contribution in [-0.4, -0.2) is 49.5 Å². The first-order chi connectivity index (χ1) is 6.87. The Labute approximate surface area is 90.7 Å². The van der Waals surface area contributed by atoms with Gasteiger partial charge in [-0.05, 0) is 13.8 Å². The van der Waals surface area contributed by atoms with E-state index in [1.54, 1.807) is 18.7 Å². The first-order valence-corrected chi connectivity index (χ1v) is 6.96. The van der Waals surface area contributed by atoms with E-state index in [9.17, 15) is 13.2 Å². The zero-order chi connectivity index (χ0) is 11.6. The van der Waals surface area contributed by atoms with E-state index in [0.717, 1.165) is 0 Å². The number of hydrogen-bond acceptors (Lipinski definition) is 4.